The molecular weight excluding hydrogens is 282 g/mol. The lowest BCUT2D eigenvalue weighted by Gasteiger charge is -2.09. The Morgan fingerprint density at radius 3 is 2.65 bits per heavy atom. The molecule has 0 amide bonds. The van der Waals surface area contributed by atoms with Gasteiger partial charge in [0.1, 0.15) is 11.5 Å². The molecule has 0 saturated heterocycles. The van der Waals surface area contributed by atoms with Gasteiger partial charge in [0.15, 0.2) is 0 Å². The highest BCUT2D eigenvalue weighted by atomic mass is 16.5. The number of hydrogen-bond acceptors (Lipinski definition) is 1. The lowest BCUT2D eigenvalue weighted by molar-refractivity contribution is 0.450. The Labute approximate surface area is 135 Å². The number of benzene rings is 2. The van der Waals surface area contributed by atoms with Crippen LogP contribution in [0.3, 0.4) is 0 Å². The molecule has 1 aromatic heterocycles. The van der Waals surface area contributed by atoms with Crippen LogP contribution in [-0.2, 0) is 0 Å². The maximum absolute atomic E-state index is 6.19. The predicted molar refractivity (Wildman–Crippen MR) is 96.3 cm³/mol. The van der Waals surface area contributed by atoms with Crippen molar-refractivity contribution in [3.8, 4) is 16.9 Å². The lowest BCUT2D eigenvalue weighted by atomic mass is 9.98. The predicted octanol–water partition coefficient (Wildman–Crippen LogP) is 5.70. The highest BCUT2D eigenvalue weighted by Crippen LogP contribution is 2.44. The molecule has 2 nitrogen and oxygen atoms in total. The molecule has 1 aliphatic heterocycles. The second kappa shape index (κ2) is 5.33. The molecule has 0 unspecified atom stereocenters. The molecule has 112 valence electrons. The SMILES string of the molecule is C=CC1=C(/C=C\C)Oc2ccccc2-c2c1[nH]c1ccccc21. The second-order valence-electron chi connectivity index (χ2n) is 5.50. The van der Waals surface area contributed by atoms with Gasteiger partial charge in [-0.3, -0.25) is 0 Å². The summed E-state index contributed by atoms with van der Waals surface area (Å²) < 4.78 is 6.19. The van der Waals surface area contributed by atoms with E-state index in [1.54, 1.807) is 0 Å². The second-order valence-corrected chi connectivity index (χ2v) is 5.50. The molecule has 2 heterocycles. The van der Waals surface area contributed by atoms with Gasteiger partial charge in [-0.1, -0.05) is 55.1 Å². The maximum atomic E-state index is 6.19. The fraction of sp³-hybridized carbons (Fsp3) is 0.0476. The molecule has 1 aliphatic rings. The summed E-state index contributed by atoms with van der Waals surface area (Å²) >= 11 is 0. The van der Waals surface area contributed by atoms with E-state index in [4.69, 9.17) is 4.74 Å². The van der Waals surface area contributed by atoms with Crippen LogP contribution >= 0.6 is 0 Å². The Hall–Kier alpha value is -3.00. The molecule has 0 bridgehead atoms. The van der Waals surface area contributed by atoms with Gasteiger partial charge in [-0.15, -0.1) is 0 Å². The number of rotatable bonds is 2. The maximum Gasteiger partial charge on any atom is 0.136 e. The molecule has 2 heteroatoms. The highest BCUT2D eigenvalue weighted by Gasteiger charge is 2.24. The molecule has 0 aliphatic carbocycles. The van der Waals surface area contributed by atoms with Crippen molar-refractivity contribution in [3.05, 3.63) is 84.8 Å². The zero-order valence-corrected chi connectivity index (χ0v) is 13.0. The summed E-state index contributed by atoms with van der Waals surface area (Å²) in [5, 5.41) is 1.19. The Kier molecular flexibility index (Phi) is 3.16. The number of para-hydroxylation sites is 2. The number of H-pyrrole nitrogens is 1. The Bertz CT molecular complexity index is 972. The normalized spacial score (nSPS) is 13.6. The fourth-order valence-corrected chi connectivity index (χ4v) is 3.16. The molecule has 0 spiro atoms. The Morgan fingerprint density at radius 1 is 1.04 bits per heavy atom. The van der Waals surface area contributed by atoms with Gasteiger partial charge < -0.3 is 9.72 Å². The first-order valence-corrected chi connectivity index (χ1v) is 7.71. The molecule has 0 radical (unpaired) electrons. The van der Waals surface area contributed by atoms with E-state index in [0.29, 0.717) is 0 Å². The van der Waals surface area contributed by atoms with Gasteiger partial charge in [-0.05, 0) is 25.1 Å². The average molecular weight is 299 g/mol. The number of aromatic amines is 1. The van der Waals surface area contributed by atoms with Crippen molar-refractivity contribution < 1.29 is 4.74 Å². The van der Waals surface area contributed by atoms with Crippen molar-refractivity contribution in [2.75, 3.05) is 0 Å². The molecule has 0 fully saturated rings. The van der Waals surface area contributed by atoms with Gasteiger partial charge in [-0.25, -0.2) is 0 Å². The highest BCUT2D eigenvalue weighted by molar-refractivity contribution is 6.05. The van der Waals surface area contributed by atoms with Crippen LogP contribution in [0, 0.1) is 0 Å². The summed E-state index contributed by atoms with van der Waals surface area (Å²) in [6.45, 7) is 5.98. The van der Waals surface area contributed by atoms with Gasteiger partial charge >= 0.3 is 0 Å². The fourth-order valence-electron chi connectivity index (χ4n) is 3.16. The third-order valence-electron chi connectivity index (χ3n) is 4.14. The molecule has 4 rings (SSSR count). The van der Waals surface area contributed by atoms with Crippen LogP contribution in [0.2, 0.25) is 0 Å². The van der Waals surface area contributed by atoms with Gasteiger partial charge in [0.25, 0.3) is 0 Å². The van der Waals surface area contributed by atoms with Crippen LogP contribution in [-0.4, -0.2) is 4.98 Å². The molecule has 23 heavy (non-hydrogen) atoms. The largest absolute Gasteiger partial charge is 0.456 e. The van der Waals surface area contributed by atoms with E-state index < -0.39 is 0 Å². The minimum absolute atomic E-state index is 0.806. The van der Waals surface area contributed by atoms with Crippen LogP contribution in [0.1, 0.15) is 12.6 Å². The van der Waals surface area contributed by atoms with E-state index in [0.717, 1.165) is 33.9 Å². The standard InChI is InChI=1S/C21H17NO/c1-3-9-18-14(4-2)21-20(15-10-5-7-12-17(15)22-21)16-11-6-8-13-19(16)23-18/h3-13,22H,2H2,1H3/b9-3-. The molecule has 0 saturated carbocycles. The number of aromatic nitrogens is 1. The number of ether oxygens (including phenoxy) is 1. The third kappa shape index (κ3) is 2.03. The zero-order chi connectivity index (χ0) is 15.8. The van der Waals surface area contributed by atoms with E-state index in [1.807, 2.05) is 49.4 Å². The lowest BCUT2D eigenvalue weighted by Crippen LogP contribution is -1.95. The Morgan fingerprint density at radius 2 is 1.83 bits per heavy atom. The van der Waals surface area contributed by atoms with Crippen molar-refractivity contribution in [3.63, 3.8) is 0 Å². The summed E-state index contributed by atoms with van der Waals surface area (Å²) in [5.74, 6) is 1.67. The summed E-state index contributed by atoms with van der Waals surface area (Å²) in [6, 6.07) is 16.5. The quantitative estimate of drug-likeness (QED) is 0.645. The zero-order valence-electron chi connectivity index (χ0n) is 13.0. The monoisotopic (exact) mass is 299 g/mol. The van der Waals surface area contributed by atoms with Gasteiger partial charge in [0, 0.05) is 27.6 Å². The van der Waals surface area contributed by atoms with E-state index in [1.165, 1.54) is 10.9 Å². The van der Waals surface area contributed by atoms with Crippen molar-refractivity contribution in [2.45, 2.75) is 6.92 Å². The van der Waals surface area contributed by atoms with Crippen LogP contribution in [0.4, 0.5) is 0 Å². The number of hydrogen-bond donors (Lipinski definition) is 1. The van der Waals surface area contributed by atoms with E-state index in [-0.39, 0.29) is 0 Å². The number of nitrogens with one attached hydrogen (secondary N) is 1. The summed E-state index contributed by atoms with van der Waals surface area (Å²) in [4.78, 5) is 3.54. The van der Waals surface area contributed by atoms with Crippen molar-refractivity contribution >= 4 is 16.5 Å². The minimum atomic E-state index is 0.806. The number of fused-ring (bicyclic) bond motifs is 5. The topological polar surface area (TPSA) is 25.0 Å². The van der Waals surface area contributed by atoms with E-state index in [9.17, 15) is 0 Å². The molecule has 1 N–H and O–H groups in total. The van der Waals surface area contributed by atoms with Gasteiger partial charge in [0.2, 0.25) is 0 Å². The van der Waals surface area contributed by atoms with Crippen LogP contribution in [0.25, 0.3) is 27.6 Å². The third-order valence-corrected chi connectivity index (χ3v) is 4.14. The van der Waals surface area contributed by atoms with Crippen LogP contribution in [0.5, 0.6) is 5.75 Å². The smallest absolute Gasteiger partial charge is 0.136 e. The van der Waals surface area contributed by atoms with Crippen LogP contribution < -0.4 is 4.74 Å². The Balaban J connectivity index is 2.18. The summed E-state index contributed by atoms with van der Waals surface area (Å²) in [5.41, 5.74) is 5.42. The minimum Gasteiger partial charge on any atom is -0.456 e. The summed E-state index contributed by atoms with van der Waals surface area (Å²) in [6.07, 6.45) is 5.82. The first-order valence-electron chi connectivity index (χ1n) is 7.71. The van der Waals surface area contributed by atoms with E-state index in [2.05, 4.69) is 35.8 Å². The number of allylic oxidation sites excluding steroid dienone is 4. The average Bonchev–Trinajstić information content (AvgIpc) is 2.89. The van der Waals surface area contributed by atoms with Crippen molar-refractivity contribution in [1.29, 1.82) is 0 Å². The molecule has 2 aromatic carbocycles. The van der Waals surface area contributed by atoms with E-state index >= 15 is 0 Å². The van der Waals surface area contributed by atoms with Crippen LogP contribution in [0.15, 0.2) is 79.1 Å². The molecule has 0 atom stereocenters. The first-order chi connectivity index (χ1) is 11.3. The van der Waals surface area contributed by atoms with Gasteiger partial charge in [-0.2, -0.15) is 0 Å². The van der Waals surface area contributed by atoms with Gasteiger partial charge in [0.05, 0.1) is 5.69 Å². The van der Waals surface area contributed by atoms with Crippen molar-refractivity contribution in [1.82, 2.24) is 4.98 Å². The molecular formula is C21H17NO. The summed E-state index contributed by atoms with van der Waals surface area (Å²) in [7, 11) is 0. The molecule has 3 aromatic rings. The van der Waals surface area contributed by atoms with Crippen molar-refractivity contribution in [2.24, 2.45) is 0 Å². The first kappa shape index (κ1) is 13.6.